The Labute approximate surface area is 156 Å². The fourth-order valence-electron chi connectivity index (χ4n) is 4.19. The molecule has 0 aromatic rings. The Morgan fingerprint density at radius 3 is 2.41 bits per heavy atom. The number of hydroxylamine groups is 3. The molecule has 0 radical (unpaired) electrons. The van der Waals surface area contributed by atoms with Gasteiger partial charge in [0.05, 0.1) is 30.5 Å². The molecule has 2 bridgehead atoms. The summed E-state index contributed by atoms with van der Waals surface area (Å²) in [7, 11) is 0. The molecule has 4 heterocycles. The summed E-state index contributed by atoms with van der Waals surface area (Å²) < 4.78 is 11.1. The zero-order valence-corrected chi connectivity index (χ0v) is 14.8. The first-order chi connectivity index (χ1) is 13.2. The zero-order chi connectivity index (χ0) is 18.4. The molecule has 1 N–H and O–H groups in total. The molecule has 0 spiro atoms. The maximum Gasteiger partial charge on any atom is 0.131 e. The number of ether oxygens (including phenoxy) is 2. The maximum absolute atomic E-state index is 11.8. The van der Waals surface area contributed by atoms with E-state index in [1.165, 1.54) is 5.23 Å². The van der Waals surface area contributed by atoms with E-state index >= 15 is 0 Å². The Kier molecular flexibility index (Phi) is 5.32. The summed E-state index contributed by atoms with van der Waals surface area (Å²) in [5.74, 6) is 0. The molecule has 4 saturated heterocycles. The minimum absolute atomic E-state index is 0.0303. The summed E-state index contributed by atoms with van der Waals surface area (Å²) in [6.45, 7) is 0.186. The molecule has 27 heavy (non-hydrogen) atoms. The topological polar surface area (TPSA) is 127 Å². The average Bonchev–Trinajstić information content (AvgIpc) is 3.45. The molecular formula is C15H24N4O8-2. The van der Waals surface area contributed by atoms with Crippen molar-refractivity contribution in [3.8, 4) is 0 Å². The van der Waals surface area contributed by atoms with Crippen molar-refractivity contribution in [1.29, 1.82) is 0 Å². The SMILES string of the molecule is [O-]N(ONC1CCC2OC2C1)N([O-])OC1CON(C2CCC3CC2O3)OC1. The molecule has 2 aliphatic carbocycles. The fourth-order valence-corrected chi connectivity index (χ4v) is 4.19. The summed E-state index contributed by atoms with van der Waals surface area (Å²) in [5, 5.41) is 24.4. The van der Waals surface area contributed by atoms with Gasteiger partial charge >= 0.3 is 0 Å². The number of nitrogens with one attached hydrogen (secondary N) is 1. The van der Waals surface area contributed by atoms with Crippen molar-refractivity contribution >= 4 is 0 Å². The highest BCUT2D eigenvalue weighted by Gasteiger charge is 2.46. The van der Waals surface area contributed by atoms with Gasteiger partial charge in [0.25, 0.3) is 0 Å². The second-order valence-electron chi connectivity index (χ2n) is 7.69. The van der Waals surface area contributed by atoms with Crippen molar-refractivity contribution in [1.82, 2.24) is 21.4 Å². The number of hydrogen-bond acceptors (Lipinski definition) is 12. The Bertz CT molecular complexity index is 515. The molecule has 0 aromatic carbocycles. The second-order valence-corrected chi connectivity index (χ2v) is 7.69. The molecule has 6 fully saturated rings. The van der Waals surface area contributed by atoms with Crippen LogP contribution in [-0.2, 0) is 28.9 Å². The van der Waals surface area contributed by atoms with Crippen LogP contribution in [0.5, 0.6) is 0 Å². The molecule has 6 unspecified atom stereocenters. The number of nitrogens with zero attached hydrogens (tertiary/aromatic N) is 3. The quantitative estimate of drug-likeness (QED) is 0.468. The normalized spacial score (nSPS) is 42.2. The predicted octanol–water partition coefficient (Wildman–Crippen LogP) is 0.0560. The van der Waals surface area contributed by atoms with Crippen LogP contribution in [0.25, 0.3) is 0 Å². The third-order valence-electron chi connectivity index (χ3n) is 5.80. The van der Waals surface area contributed by atoms with E-state index in [0.29, 0.717) is 12.2 Å². The van der Waals surface area contributed by atoms with Crippen LogP contribution in [0.2, 0.25) is 0 Å². The summed E-state index contributed by atoms with van der Waals surface area (Å²) in [6.07, 6.45) is 5.82. The summed E-state index contributed by atoms with van der Waals surface area (Å²) in [6, 6.07) is 0.0192. The van der Waals surface area contributed by atoms with Crippen molar-refractivity contribution in [3.63, 3.8) is 0 Å². The van der Waals surface area contributed by atoms with Crippen LogP contribution in [-0.4, -0.2) is 71.7 Å². The molecule has 12 heteroatoms. The smallest absolute Gasteiger partial charge is 0.131 e. The highest BCUT2D eigenvalue weighted by Crippen LogP contribution is 2.38. The van der Waals surface area contributed by atoms with Gasteiger partial charge in [-0.1, -0.05) is 5.23 Å². The van der Waals surface area contributed by atoms with Crippen molar-refractivity contribution in [2.24, 2.45) is 0 Å². The summed E-state index contributed by atoms with van der Waals surface area (Å²) in [5.41, 5.74) is 2.58. The van der Waals surface area contributed by atoms with Gasteiger partial charge in [0.1, 0.15) is 19.3 Å². The minimum Gasteiger partial charge on any atom is -0.747 e. The van der Waals surface area contributed by atoms with Gasteiger partial charge in [-0.15, -0.1) is 0 Å². The van der Waals surface area contributed by atoms with E-state index < -0.39 is 6.10 Å². The molecule has 0 amide bonds. The first kappa shape index (κ1) is 18.5. The molecule has 6 rings (SSSR count). The van der Waals surface area contributed by atoms with E-state index in [1.807, 2.05) is 0 Å². The number of epoxide rings is 1. The average molecular weight is 388 g/mol. The van der Waals surface area contributed by atoms with Gasteiger partial charge in [0.15, 0.2) is 0 Å². The van der Waals surface area contributed by atoms with E-state index in [2.05, 4.69) is 5.48 Å². The number of rotatable bonds is 7. The lowest BCUT2D eigenvalue weighted by Crippen LogP contribution is -2.59. The molecular weight excluding hydrogens is 364 g/mol. The summed E-state index contributed by atoms with van der Waals surface area (Å²) in [4.78, 5) is 20.8. The van der Waals surface area contributed by atoms with Crippen molar-refractivity contribution in [2.45, 2.75) is 81.1 Å². The number of hydrogen-bond donors (Lipinski definition) is 1. The van der Waals surface area contributed by atoms with Crippen LogP contribution < -0.4 is 5.48 Å². The lowest BCUT2D eigenvalue weighted by atomic mass is 9.85. The molecule has 6 aliphatic rings. The van der Waals surface area contributed by atoms with Crippen molar-refractivity contribution < 1.29 is 28.9 Å². The molecule has 6 atom stereocenters. The van der Waals surface area contributed by atoms with Gasteiger partial charge < -0.3 is 19.9 Å². The van der Waals surface area contributed by atoms with Crippen LogP contribution in [0.1, 0.15) is 38.5 Å². The van der Waals surface area contributed by atoms with Gasteiger partial charge in [0, 0.05) is 12.5 Å². The Hall–Kier alpha value is -0.480. The first-order valence-electron chi connectivity index (χ1n) is 9.55. The van der Waals surface area contributed by atoms with Gasteiger partial charge in [0.2, 0.25) is 0 Å². The fraction of sp³-hybridized carbons (Fsp3) is 1.00. The zero-order valence-electron chi connectivity index (χ0n) is 14.8. The van der Waals surface area contributed by atoms with Gasteiger partial charge in [-0.3, -0.25) is 14.5 Å². The second kappa shape index (κ2) is 7.74. The van der Waals surface area contributed by atoms with Gasteiger partial charge in [-0.05, 0) is 32.1 Å². The highest BCUT2D eigenvalue weighted by atomic mass is 17.1. The van der Waals surface area contributed by atoms with E-state index in [1.54, 1.807) is 0 Å². The van der Waals surface area contributed by atoms with E-state index in [9.17, 15) is 10.4 Å². The van der Waals surface area contributed by atoms with E-state index in [4.69, 9.17) is 28.9 Å². The molecule has 4 aliphatic heterocycles. The van der Waals surface area contributed by atoms with Crippen LogP contribution in [0.3, 0.4) is 0 Å². The van der Waals surface area contributed by atoms with Crippen LogP contribution >= 0.6 is 0 Å². The third kappa shape index (κ3) is 4.12. The van der Waals surface area contributed by atoms with Gasteiger partial charge in [-0.2, -0.15) is 16.2 Å². The lowest BCUT2D eigenvalue weighted by molar-refractivity contribution is -0.471. The lowest BCUT2D eigenvalue weighted by Gasteiger charge is -2.50. The number of fused-ring (bicyclic) bond motifs is 3. The Morgan fingerprint density at radius 2 is 1.70 bits per heavy atom. The Morgan fingerprint density at radius 1 is 0.889 bits per heavy atom. The molecule has 12 nitrogen and oxygen atoms in total. The standard InChI is InChI=1S/C15H24N4O8/c20-18(19(21)27-16-9-1-4-13-15(5-9)25-13)26-11-7-22-17(23-8-11)12-3-2-10-6-14(12)24-10/h9-16H,1-8H2/q-2. The molecule has 2 saturated carbocycles. The monoisotopic (exact) mass is 388 g/mol. The summed E-state index contributed by atoms with van der Waals surface area (Å²) >= 11 is 0. The molecule has 0 aromatic heterocycles. The van der Waals surface area contributed by atoms with Crippen LogP contribution in [0.15, 0.2) is 0 Å². The predicted molar refractivity (Wildman–Crippen MR) is 85.8 cm³/mol. The minimum atomic E-state index is -0.715. The van der Waals surface area contributed by atoms with Crippen LogP contribution in [0.4, 0.5) is 0 Å². The third-order valence-corrected chi connectivity index (χ3v) is 5.80. The van der Waals surface area contributed by atoms with E-state index in [0.717, 1.165) is 38.5 Å². The van der Waals surface area contributed by atoms with Crippen molar-refractivity contribution in [3.05, 3.63) is 10.4 Å². The maximum atomic E-state index is 11.8. The largest absolute Gasteiger partial charge is 0.747 e. The van der Waals surface area contributed by atoms with E-state index in [-0.39, 0.29) is 48.2 Å². The van der Waals surface area contributed by atoms with Crippen molar-refractivity contribution in [2.75, 3.05) is 13.2 Å². The molecule has 154 valence electrons. The Balaban J connectivity index is 1.00. The van der Waals surface area contributed by atoms with Crippen LogP contribution in [0, 0.1) is 10.4 Å². The highest BCUT2D eigenvalue weighted by molar-refractivity contribution is 4.94. The first-order valence-corrected chi connectivity index (χ1v) is 9.55. The number of hydrazine groups is 1. The van der Waals surface area contributed by atoms with Gasteiger partial charge in [-0.25, -0.2) is 4.94 Å².